The molecule has 1 unspecified atom stereocenters. The predicted octanol–water partition coefficient (Wildman–Crippen LogP) is 2.41. The quantitative estimate of drug-likeness (QED) is 0.668. The highest BCUT2D eigenvalue weighted by Crippen LogP contribution is 2.29. The number of aliphatic hydroxyl groups is 1. The number of hydrogen-bond donors (Lipinski definition) is 1. The molecule has 1 aromatic rings. The van der Waals surface area contributed by atoms with Gasteiger partial charge in [-0.2, -0.15) is 13.2 Å². The van der Waals surface area contributed by atoms with Crippen LogP contribution in [0.25, 0.3) is 0 Å². The minimum atomic E-state index is -4.44. The standard InChI is InChI=1S/C12H11F3O3/c1-2-10(16)7-18-11(17)8-3-5-9(6-4-8)12(13,14)15/h2-6,10,16H,1,7H2. The van der Waals surface area contributed by atoms with Crippen LogP contribution in [0, 0.1) is 0 Å². The summed E-state index contributed by atoms with van der Waals surface area (Å²) >= 11 is 0. The number of carbonyl (C=O) groups excluding carboxylic acids is 1. The predicted molar refractivity (Wildman–Crippen MR) is 57.9 cm³/mol. The van der Waals surface area contributed by atoms with Crippen molar-refractivity contribution in [3.8, 4) is 0 Å². The lowest BCUT2D eigenvalue weighted by Gasteiger charge is -2.09. The van der Waals surface area contributed by atoms with E-state index in [-0.39, 0.29) is 12.2 Å². The smallest absolute Gasteiger partial charge is 0.416 e. The molecule has 0 saturated heterocycles. The SMILES string of the molecule is C=CC(O)COC(=O)c1ccc(C(F)(F)F)cc1. The van der Waals surface area contributed by atoms with E-state index >= 15 is 0 Å². The Hall–Kier alpha value is -1.82. The number of carbonyl (C=O) groups is 1. The van der Waals surface area contributed by atoms with E-state index in [1.807, 2.05) is 0 Å². The number of halogens is 3. The summed E-state index contributed by atoms with van der Waals surface area (Å²) in [7, 11) is 0. The Morgan fingerprint density at radius 3 is 2.39 bits per heavy atom. The van der Waals surface area contributed by atoms with Gasteiger partial charge in [-0.1, -0.05) is 6.08 Å². The molecule has 0 aliphatic heterocycles. The first-order valence-corrected chi connectivity index (χ1v) is 4.99. The average Bonchev–Trinajstić information content (AvgIpc) is 2.34. The van der Waals surface area contributed by atoms with Crippen LogP contribution in [-0.4, -0.2) is 23.8 Å². The van der Waals surface area contributed by atoms with Gasteiger partial charge >= 0.3 is 12.1 Å². The maximum absolute atomic E-state index is 12.3. The van der Waals surface area contributed by atoms with Crippen LogP contribution >= 0.6 is 0 Å². The fourth-order valence-corrected chi connectivity index (χ4v) is 1.11. The molecule has 0 heterocycles. The van der Waals surface area contributed by atoms with Gasteiger partial charge in [0.05, 0.1) is 11.1 Å². The van der Waals surface area contributed by atoms with E-state index in [0.29, 0.717) is 0 Å². The van der Waals surface area contributed by atoms with Crippen molar-refractivity contribution in [3.05, 3.63) is 48.0 Å². The molecular formula is C12H11F3O3. The molecule has 0 radical (unpaired) electrons. The maximum Gasteiger partial charge on any atom is 0.416 e. The molecule has 1 atom stereocenters. The second-order valence-electron chi connectivity index (χ2n) is 3.48. The molecule has 3 nitrogen and oxygen atoms in total. The van der Waals surface area contributed by atoms with Crippen LogP contribution in [0.4, 0.5) is 13.2 Å². The van der Waals surface area contributed by atoms with Crippen molar-refractivity contribution in [2.24, 2.45) is 0 Å². The normalized spacial score (nSPS) is 12.9. The molecule has 0 bridgehead atoms. The summed E-state index contributed by atoms with van der Waals surface area (Å²) in [6.45, 7) is 3.00. The van der Waals surface area contributed by atoms with E-state index < -0.39 is 23.8 Å². The van der Waals surface area contributed by atoms with E-state index in [2.05, 4.69) is 11.3 Å². The van der Waals surface area contributed by atoms with Crippen LogP contribution < -0.4 is 0 Å². The molecule has 6 heteroatoms. The molecule has 0 amide bonds. The molecule has 1 N–H and O–H groups in total. The molecule has 1 rings (SSSR count). The maximum atomic E-state index is 12.3. The minimum absolute atomic E-state index is 0.0146. The molecule has 0 saturated carbocycles. The summed E-state index contributed by atoms with van der Waals surface area (Å²) in [5, 5.41) is 9.06. The second kappa shape index (κ2) is 5.68. The molecule has 0 fully saturated rings. The lowest BCUT2D eigenvalue weighted by molar-refractivity contribution is -0.137. The Balaban J connectivity index is 2.68. The van der Waals surface area contributed by atoms with E-state index in [1.54, 1.807) is 0 Å². The fourth-order valence-electron chi connectivity index (χ4n) is 1.11. The van der Waals surface area contributed by atoms with E-state index in [4.69, 9.17) is 5.11 Å². The highest BCUT2D eigenvalue weighted by Gasteiger charge is 2.30. The second-order valence-corrected chi connectivity index (χ2v) is 3.48. The van der Waals surface area contributed by atoms with Crippen molar-refractivity contribution in [2.75, 3.05) is 6.61 Å². The van der Waals surface area contributed by atoms with E-state index in [1.165, 1.54) is 6.08 Å². The van der Waals surface area contributed by atoms with Crippen LogP contribution in [0.15, 0.2) is 36.9 Å². The summed E-state index contributed by atoms with van der Waals surface area (Å²) in [6, 6.07) is 3.62. The van der Waals surface area contributed by atoms with E-state index in [0.717, 1.165) is 24.3 Å². The molecule has 18 heavy (non-hydrogen) atoms. The van der Waals surface area contributed by atoms with Gasteiger partial charge in [-0.05, 0) is 24.3 Å². The van der Waals surface area contributed by atoms with Crippen LogP contribution in [0.3, 0.4) is 0 Å². The molecule has 1 aromatic carbocycles. The zero-order valence-electron chi connectivity index (χ0n) is 9.28. The zero-order valence-corrected chi connectivity index (χ0v) is 9.28. The molecule has 0 aromatic heterocycles. The number of hydrogen-bond acceptors (Lipinski definition) is 3. The lowest BCUT2D eigenvalue weighted by Crippen LogP contribution is -2.16. The molecule has 0 aliphatic rings. The van der Waals surface area contributed by atoms with Gasteiger partial charge in [0.2, 0.25) is 0 Å². The number of benzene rings is 1. The first kappa shape index (κ1) is 14.2. The van der Waals surface area contributed by atoms with Gasteiger partial charge in [-0.25, -0.2) is 4.79 Å². The van der Waals surface area contributed by atoms with Crippen LogP contribution in [0.2, 0.25) is 0 Å². The molecule has 0 spiro atoms. The van der Waals surface area contributed by atoms with Gasteiger partial charge in [-0.3, -0.25) is 0 Å². The van der Waals surface area contributed by atoms with Gasteiger partial charge in [0.15, 0.2) is 0 Å². The molecule has 0 aliphatic carbocycles. The molecule has 98 valence electrons. The summed E-state index contributed by atoms with van der Waals surface area (Å²) in [5.41, 5.74) is -0.857. The van der Waals surface area contributed by atoms with Crippen LogP contribution in [0.5, 0.6) is 0 Å². The van der Waals surface area contributed by atoms with Crippen molar-refractivity contribution in [1.29, 1.82) is 0 Å². The highest BCUT2D eigenvalue weighted by atomic mass is 19.4. The van der Waals surface area contributed by atoms with Gasteiger partial charge in [-0.15, -0.1) is 6.58 Å². The van der Waals surface area contributed by atoms with Crippen molar-refractivity contribution in [1.82, 2.24) is 0 Å². The Labute approximate surface area is 101 Å². The monoisotopic (exact) mass is 260 g/mol. The van der Waals surface area contributed by atoms with Gasteiger partial charge < -0.3 is 9.84 Å². The Bertz CT molecular complexity index is 423. The summed E-state index contributed by atoms with van der Waals surface area (Å²) < 4.78 is 41.4. The van der Waals surface area contributed by atoms with Gasteiger partial charge in [0.25, 0.3) is 0 Å². The topological polar surface area (TPSA) is 46.5 Å². The summed E-state index contributed by atoms with van der Waals surface area (Å²) in [6.07, 6.45) is -4.26. The Morgan fingerprint density at radius 2 is 1.94 bits per heavy atom. The third kappa shape index (κ3) is 3.89. The number of ether oxygens (including phenoxy) is 1. The summed E-state index contributed by atoms with van der Waals surface area (Å²) in [5.74, 6) is -0.801. The van der Waals surface area contributed by atoms with Gasteiger partial charge in [0, 0.05) is 0 Å². The molecular weight excluding hydrogens is 249 g/mol. The lowest BCUT2D eigenvalue weighted by atomic mass is 10.1. The Kier molecular flexibility index (Phi) is 4.49. The minimum Gasteiger partial charge on any atom is -0.459 e. The van der Waals surface area contributed by atoms with E-state index in [9.17, 15) is 18.0 Å². The average molecular weight is 260 g/mol. The third-order valence-corrected chi connectivity index (χ3v) is 2.11. The van der Waals surface area contributed by atoms with Gasteiger partial charge in [0.1, 0.15) is 12.7 Å². The highest BCUT2D eigenvalue weighted by molar-refractivity contribution is 5.89. The van der Waals surface area contributed by atoms with Crippen molar-refractivity contribution in [3.63, 3.8) is 0 Å². The first-order chi connectivity index (χ1) is 8.34. The third-order valence-electron chi connectivity index (χ3n) is 2.11. The van der Waals surface area contributed by atoms with Crippen molar-refractivity contribution < 1.29 is 27.8 Å². The number of esters is 1. The van der Waals surface area contributed by atoms with Crippen LogP contribution in [-0.2, 0) is 10.9 Å². The first-order valence-electron chi connectivity index (χ1n) is 4.99. The largest absolute Gasteiger partial charge is 0.459 e. The number of aliphatic hydroxyl groups excluding tert-OH is 1. The fraction of sp³-hybridized carbons (Fsp3) is 0.250. The zero-order chi connectivity index (χ0) is 13.8. The van der Waals surface area contributed by atoms with Crippen molar-refractivity contribution >= 4 is 5.97 Å². The summed E-state index contributed by atoms with van der Waals surface area (Å²) in [4.78, 5) is 11.4. The van der Waals surface area contributed by atoms with Crippen molar-refractivity contribution in [2.45, 2.75) is 12.3 Å². The number of rotatable bonds is 4. The Morgan fingerprint density at radius 1 is 1.39 bits per heavy atom. The number of alkyl halides is 3. The van der Waals surface area contributed by atoms with Crippen LogP contribution in [0.1, 0.15) is 15.9 Å².